The average molecular weight is 377 g/mol. The lowest BCUT2D eigenvalue weighted by atomic mass is 9.73. The van der Waals surface area contributed by atoms with E-state index in [1.54, 1.807) is 25.1 Å². The van der Waals surface area contributed by atoms with Crippen molar-refractivity contribution in [1.82, 2.24) is 5.32 Å². The number of hydrogen-bond donors (Lipinski definition) is 3. The SMILES string of the molecule is Cc1ccccc1S(=O)(=O)O.O=C(O)C1(c2ccccc2)CCNCC1. The van der Waals surface area contributed by atoms with E-state index in [1.165, 1.54) is 6.07 Å². The van der Waals surface area contributed by atoms with Gasteiger partial charge in [0.15, 0.2) is 0 Å². The summed E-state index contributed by atoms with van der Waals surface area (Å²) in [4.78, 5) is 11.4. The quantitative estimate of drug-likeness (QED) is 0.711. The van der Waals surface area contributed by atoms with Crippen LogP contribution < -0.4 is 5.32 Å². The molecule has 1 fully saturated rings. The summed E-state index contributed by atoms with van der Waals surface area (Å²) >= 11 is 0. The smallest absolute Gasteiger partial charge is 0.314 e. The van der Waals surface area contributed by atoms with E-state index in [0.29, 0.717) is 18.4 Å². The van der Waals surface area contributed by atoms with Crippen LogP contribution in [-0.2, 0) is 20.3 Å². The first-order chi connectivity index (χ1) is 12.3. The Labute approximate surface area is 153 Å². The number of carbonyl (C=O) groups is 1. The molecule has 0 aliphatic carbocycles. The topological polar surface area (TPSA) is 104 Å². The summed E-state index contributed by atoms with van der Waals surface area (Å²) < 4.78 is 29.9. The van der Waals surface area contributed by atoms with Crippen molar-refractivity contribution in [2.45, 2.75) is 30.1 Å². The molecular formula is C19H23NO5S. The fourth-order valence-corrected chi connectivity index (χ4v) is 3.81. The fraction of sp³-hybridized carbons (Fsp3) is 0.316. The highest BCUT2D eigenvalue weighted by Crippen LogP contribution is 2.33. The Balaban J connectivity index is 0.000000197. The molecule has 1 aliphatic heterocycles. The van der Waals surface area contributed by atoms with Crippen LogP contribution in [0, 0.1) is 6.92 Å². The van der Waals surface area contributed by atoms with Crippen molar-refractivity contribution in [2.75, 3.05) is 13.1 Å². The zero-order valence-corrected chi connectivity index (χ0v) is 15.4. The molecule has 3 N–H and O–H groups in total. The van der Waals surface area contributed by atoms with E-state index in [2.05, 4.69) is 5.32 Å². The number of hydrogen-bond acceptors (Lipinski definition) is 4. The minimum absolute atomic E-state index is 0.0278. The van der Waals surface area contributed by atoms with Gasteiger partial charge in [0.2, 0.25) is 0 Å². The van der Waals surface area contributed by atoms with E-state index in [4.69, 9.17) is 4.55 Å². The van der Waals surface area contributed by atoms with Crippen molar-refractivity contribution in [3.8, 4) is 0 Å². The lowest BCUT2D eigenvalue weighted by Crippen LogP contribution is -2.45. The van der Waals surface area contributed by atoms with Gasteiger partial charge < -0.3 is 10.4 Å². The van der Waals surface area contributed by atoms with Gasteiger partial charge in [0.05, 0.1) is 10.3 Å². The van der Waals surface area contributed by atoms with Crippen molar-refractivity contribution in [3.05, 3.63) is 65.7 Å². The number of piperidine rings is 1. The van der Waals surface area contributed by atoms with E-state index in [9.17, 15) is 18.3 Å². The molecule has 6 nitrogen and oxygen atoms in total. The molecule has 0 aromatic heterocycles. The van der Waals surface area contributed by atoms with Gasteiger partial charge in [-0.1, -0.05) is 48.5 Å². The Morgan fingerprint density at radius 3 is 2.00 bits per heavy atom. The average Bonchev–Trinajstić information content (AvgIpc) is 2.63. The van der Waals surface area contributed by atoms with Crippen LogP contribution in [0.15, 0.2) is 59.5 Å². The molecule has 0 bridgehead atoms. The van der Waals surface area contributed by atoms with Gasteiger partial charge in [-0.15, -0.1) is 0 Å². The summed E-state index contributed by atoms with van der Waals surface area (Å²) in [6.45, 7) is 3.19. The maximum atomic E-state index is 11.4. The Morgan fingerprint density at radius 2 is 1.54 bits per heavy atom. The summed E-state index contributed by atoms with van der Waals surface area (Å²) in [6, 6.07) is 15.8. The van der Waals surface area contributed by atoms with Crippen LogP contribution in [0.3, 0.4) is 0 Å². The number of carboxylic acid groups (broad SMARTS) is 1. The maximum absolute atomic E-state index is 11.4. The summed E-state index contributed by atoms with van der Waals surface area (Å²) in [6.07, 6.45) is 1.35. The summed E-state index contributed by atoms with van der Waals surface area (Å²) in [5, 5.41) is 12.6. The molecule has 2 aromatic rings. The van der Waals surface area contributed by atoms with Gasteiger partial charge in [-0.3, -0.25) is 9.35 Å². The van der Waals surface area contributed by atoms with Crippen LogP contribution in [0.4, 0.5) is 0 Å². The Morgan fingerprint density at radius 1 is 1.00 bits per heavy atom. The largest absolute Gasteiger partial charge is 0.481 e. The first-order valence-corrected chi connectivity index (χ1v) is 9.74. The molecule has 1 aliphatic rings. The van der Waals surface area contributed by atoms with Crippen LogP contribution in [0.1, 0.15) is 24.0 Å². The summed E-state index contributed by atoms with van der Waals surface area (Å²) in [5.74, 6) is -0.699. The second-order valence-electron chi connectivity index (χ2n) is 6.24. The van der Waals surface area contributed by atoms with E-state index in [0.717, 1.165) is 18.7 Å². The summed E-state index contributed by atoms with van der Waals surface area (Å²) in [7, 11) is -4.03. The first kappa shape index (κ1) is 20.1. The van der Waals surface area contributed by atoms with Gasteiger partial charge in [-0.2, -0.15) is 8.42 Å². The van der Waals surface area contributed by atoms with Crippen molar-refractivity contribution < 1.29 is 22.9 Å². The van der Waals surface area contributed by atoms with Gasteiger partial charge in [-0.05, 0) is 50.0 Å². The fourth-order valence-electron chi connectivity index (χ4n) is 3.08. The number of nitrogens with one attached hydrogen (secondary N) is 1. The molecule has 2 aromatic carbocycles. The molecular weight excluding hydrogens is 354 g/mol. The van der Waals surface area contributed by atoms with E-state index < -0.39 is 21.5 Å². The number of aryl methyl sites for hydroxylation is 1. The molecule has 26 heavy (non-hydrogen) atoms. The third-order valence-electron chi connectivity index (χ3n) is 4.56. The molecule has 0 atom stereocenters. The molecule has 0 spiro atoms. The van der Waals surface area contributed by atoms with Crippen molar-refractivity contribution in [1.29, 1.82) is 0 Å². The second kappa shape index (κ2) is 8.44. The molecule has 0 radical (unpaired) electrons. The molecule has 140 valence electrons. The highest BCUT2D eigenvalue weighted by molar-refractivity contribution is 7.85. The lowest BCUT2D eigenvalue weighted by molar-refractivity contribution is -0.145. The van der Waals surface area contributed by atoms with E-state index in [1.807, 2.05) is 30.3 Å². The van der Waals surface area contributed by atoms with Crippen molar-refractivity contribution in [3.63, 3.8) is 0 Å². The number of carboxylic acids is 1. The number of benzene rings is 2. The van der Waals surface area contributed by atoms with E-state index in [-0.39, 0.29) is 4.90 Å². The van der Waals surface area contributed by atoms with Crippen molar-refractivity contribution in [2.24, 2.45) is 0 Å². The molecule has 0 amide bonds. The molecule has 3 rings (SSSR count). The van der Waals surface area contributed by atoms with Crippen LogP contribution in [0.25, 0.3) is 0 Å². The molecule has 1 saturated heterocycles. The summed E-state index contributed by atoms with van der Waals surface area (Å²) in [5.41, 5.74) is 0.806. The number of rotatable bonds is 3. The first-order valence-electron chi connectivity index (χ1n) is 8.30. The third kappa shape index (κ3) is 4.69. The lowest BCUT2D eigenvalue weighted by Gasteiger charge is -2.34. The van der Waals surface area contributed by atoms with Gasteiger partial charge >= 0.3 is 5.97 Å². The van der Waals surface area contributed by atoms with Crippen molar-refractivity contribution >= 4 is 16.1 Å². The van der Waals surface area contributed by atoms with Gasteiger partial charge in [0, 0.05) is 0 Å². The Kier molecular flexibility index (Phi) is 6.52. The Bertz CT molecular complexity index is 843. The monoisotopic (exact) mass is 377 g/mol. The minimum atomic E-state index is -4.03. The second-order valence-corrected chi connectivity index (χ2v) is 7.63. The third-order valence-corrected chi connectivity index (χ3v) is 5.58. The normalized spacial score (nSPS) is 16.2. The number of aliphatic carboxylic acids is 1. The highest BCUT2D eigenvalue weighted by atomic mass is 32.2. The predicted molar refractivity (Wildman–Crippen MR) is 98.9 cm³/mol. The van der Waals surface area contributed by atoms with Crippen LogP contribution in [0.2, 0.25) is 0 Å². The van der Waals surface area contributed by atoms with Gasteiger partial charge in [-0.25, -0.2) is 0 Å². The van der Waals surface area contributed by atoms with Gasteiger partial charge in [0.1, 0.15) is 0 Å². The van der Waals surface area contributed by atoms with Gasteiger partial charge in [0.25, 0.3) is 10.1 Å². The molecule has 1 heterocycles. The molecule has 7 heteroatoms. The zero-order valence-electron chi connectivity index (χ0n) is 14.6. The predicted octanol–water partition coefficient (Wildman–Crippen LogP) is 2.63. The van der Waals surface area contributed by atoms with Crippen LogP contribution in [-0.4, -0.2) is 37.1 Å². The standard InChI is InChI=1S/C12H15NO2.C7H8O3S/c14-11(15)12(6-8-13-9-7-12)10-4-2-1-3-5-10;1-6-4-2-3-5-7(6)11(8,9)10/h1-5,13H,6-9H2,(H,14,15);2-5H,1H3,(H,8,9,10). The minimum Gasteiger partial charge on any atom is -0.481 e. The Hall–Kier alpha value is -2.22. The molecule has 0 saturated carbocycles. The zero-order chi connectivity index (χ0) is 19.2. The van der Waals surface area contributed by atoms with Crippen LogP contribution >= 0.6 is 0 Å². The maximum Gasteiger partial charge on any atom is 0.314 e. The molecule has 0 unspecified atom stereocenters. The van der Waals surface area contributed by atoms with Crippen LogP contribution in [0.5, 0.6) is 0 Å². The van der Waals surface area contributed by atoms with E-state index >= 15 is 0 Å². The highest BCUT2D eigenvalue weighted by Gasteiger charge is 2.40.